The smallest absolute Gasteiger partial charge is 0.142 e. The highest BCUT2D eigenvalue weighted by molar-refractivity contribution is 5.82. The van der Waals surface area contributed by atoms with E-state index in [2.05, 4.69) is 30.4 Å². The van der Waals surface area contributed by atoms with Crippen LogP contribution in [-0.2, 0) is 0 Å². The molecule has 1 aliphatic rings. The molecule has 0 saturated heterocycles. The summed E-state index contributed by atoms with van der Waals surface area (Å²) in [4.78, 5) is 0. The Kier molecular flexibility index (Phi) is 2.46. The van der Waals surface area contributed by atoms with Crippen LogP contribution in [0.25, 0.3) is 11.0 Å². The van der Waals surface area contributed by atoms with Crippen LogP contribution in [-0.4, -0.2) is 6.61 Å². The van der Waals surface area contributed by atoms with E-state index in [-0.39, 0.29) is 6.04 Å². The first-order valence-electron chi connectivity index (χ1n) is 6.77. The number of aryl methyl sites for hydroxylation is 1. The zero-order valence-corrected chi connectivity index (χ0v) is 11.2. The molecule has 2 heterocycles. The van der Waals surface area contributed by atoms with Crippen molar-refractivity contribution in [1.82, 2.24) is 0 Å². The van der Waals surface area contributed by atoms with Crippen LogP contribution in [0.15, 0.2) is 53.1 Å². The van der Waals surface area contributed by atoms with Gasteiger partial charge in [-0.05, 0) is 30.7 Å². The summed E-state index contributed by atoms with van der Waals surface area (Å²) in [5.41, 5.74) is 4.33. The molecule has 1 atom stereocenters. The molecule has 0 saturated carbocycles. The van der Waals surface area contributed by atoms with Crippen LogP contribution in [0, 0.1) is 6.92 Å². The number of anilines is 1. The summed E-state index contributed by atoms with van der Waals surface area (Å²) in [6.07, 6.45) is 1.83. The maximum Gasteiger partial charge on any atom is 0.142 e. The molecule has 4 rings (SSSR count). The van der Waals surface area contributed by atoms with Crippen molar-refractivity contribution in [3.8, 4) is 5.75 Å². The second-order valence-electron chi connectivity index (χ2n) is 5.19. The maximum atomic E-state index is 5.86. The number of hydrogen-bond donors (Lipinski definition) is 1. The minimum Gasteiger partial charge on any atom is -0.489 e. The van der Waals surface area contributed by atoms with Crippen LogP contribution >= 0.6 is 0 Å². The number of benzene rings is 2. The number of furan rings is 1. The van der Waals surface area contributed by atoms with Gasteiger partial charge < -0.3 is 14.5 Å². The molecular weight excluding hydrogens is 250 g/mol. The first-order valence-corrected chi connectivity index (χ1v) is 6.77. The summed E-state index contributed by atoms with van der Waals surface area (Å²) in [6.45, 7) is 2.69. The fraction of sp³-hybridized carbons (Fsp3) is 0.176. The van der Waals surface area contributed by atoms with Crippen LogP contribution in [0.2, 0.25) is 0 Å². The lowest BCUT2D eigenvalue weighted by Crippen LogP contribution is -2.23. The standard InChI is InChI=1S/C17H15NO2/c1-11-6-7-17-14(8-11)18-15(10-20-17)13-9-19-16-5-3-2-4-12(13)16/h2-9,15,18H,10H2,1H3. The van der Waals surface area contributed by atoms with Crippen molar-refractivity contribution in [3.05, 3.63) is 59.9 Å². The molecule has 100 valence electrons. The Morgan fingerprint density at radius 3 is 3.00 bits per heavy atom. The predicted octanol–water partition coefficient (Wildman–Crippen LogP) is 4.29. The Morgan fingerprint density at radius 2 is 2.05 bits per heavy atom. The number of nitrogens with one attached hydrogen (secondary N) is 1. The van der Waals surface area contributed by atoms with E-state index in [0.29, 0.717) is 6.61 Å². The van der Waals surface area contributed by atoms with Crippen LogP contribution in [0.3, 0.4) is 0 Å². The Morgan fingerprint density at radius 1 is 1.15 bits per heavy atom. The summed E-state index contributed by atoms with van der Waals surface area (Å²) in [7, 11) is 0. The molecule has 0 amide bonds. The topological polar surface area (TPSA) is 34.4 Å². The van der Waals surface area contributed by atoms with Crippen LogP contribution in [0.1, 0.15) is 17.2 Å². The fourth-order valence-electron chi connectivity index (χ4n) is 2.72. The van der Waals surface area contributed by atoms with Crippen molar-refractivity contribution in [1.29, 1.82) is 0 Å². The highest BCUT2D eigenvalue weighted by Crippen LogP contribution is 2.36. The quantitative estimate of drug-likeness (QED) is 0.713. The van der Waals surface area contributed by atoms with E-state index in [9.17, 15) is 0 Å². The van der Waals surface area contributed by atoms with Crippen LogP contribution < -0.4 is 10.1 Å². The Bertz CT molecular complexity index is 776. The highest BCUT2D eigenvalue weighted by Gasteiger charge is 2.23. The minimum atomic E-state index is 0.118. The molecule has 0 fully saturated rings. The maximum absolute atomic E-state index is 5.86. The van der Waals surface area contributed by atoms with Crippen molar-refractivity contribution in [3.63, 3.8) is 0 Å². The molecule has 0 spiro atoms. The summed E-state index contributed by atoms with van der Waals surface area (Å²) < 4.78 is 11.5. The van der Waals surface area contributed by atoms with Crippen molar-refractivity contribution in [2.24, 2.45) is 0 Å². The lowest BCUT2D eigenvalue weighted by molar-refractivity contribution is 0.286. The zero-order valence-electron chi connectivity index (χ0n) is 11.2. The van der Waals surface area contributed by atoms with Gasteiger partial charge in [0, 0.05) is 10.9 Å². The number of hydrogen-bond acceptors (Lipinski definition) is 3. The molecule has 3 heteroatoms. The number of ether oxygens (including phenoxy) is 1. The van der Waals surface area contributed by atoms with Gasteiger partial charge in [-0.1, -0.05) is 24.3 Å². The van der Waals surface area contributed by atoms with E-state index in [1.54, 1.807) is 0 Å². The van der Waals surface area contributed by atoms with Gasteiger partial charge in [0.2, 0.25) is 0 Å². The van der Waals surface area contributed by atoms with Gasteiger partial charge in [-0.15, -0.1) is 0 Å². The average molecular weight is 265 g/mol. The van der Waals surface area contributed by atoms with E-state index in [4.69, 9.17) is 9.15 Å². The Hall–Kier alpha value is -2.42. The number of para-hydroxylation sites is 1. The fourth-order valence-corrected chi connectivity index (χ4v) is 2.72. The first-order chi connectivity index (χ1) is 9.81. The Balaban J connectivity index is 1.74. The second kappa shape index (κ2) is 4.30. The van der Waals surface area contributed by atoms with Crippen molar-refractivity contribution in [2.75, 3.05) is 11.9 Å². The van der Waals surface area contributed by atoms with Gasteiger partial charge in [-0.2, -0.15) is 0 Å². The molecule has 2 aromatic carbocycles. The van der Waals surface area contributed by atoms with E-state index in [1.165, 1.54) is 5.56 Å². The molecule has 1 unspecified atom stereocenters. The van der Waals surface area contributed by atoms with Crippen LogP contribution in [0.5, 0.6) is 5.75 Å². The number of fused-ring (bicyclic) bond motifs is 2. The normalized spacial score (nSPS) is 17.4. The van der Waals surface area contributed by atoms with Gasteiger partial charge in [0.05, 0.1) is 18.0 Å². The molecule has 1 aliphatic heterocycles. The average Bonchev–Trinajstić information content (AvgIpc) is 2.90. The van der Waals surface area contributed by atoms with E-state index in [0.717, 1.165) is 28.0 Å². The molecule has 3 aromatic rings. The monoisotopic (exact) mass is 265 g/mol. The third-order valence-electron chi connectivity index (χ3n) is 3.76. The highest BCUT2D eigenvalue weighted by atomic mass is 16.5. The van der Waals surface area contributed by atoms with Crippen molar-refractivity contribution >= 4 is 16.7 Å². The minimum absolute atomic E-state index is 0.118. The third kappa shape index (κ3) is 1.74. The summed E-state index contributed by atoms with van der Waals surface area (Å²) >= 11 is 0. The van der Waals surface area contributed by atoms with Crippen molar-refractivity contribution in [2.45, 2.75) is 13.0 Å². The van der Waals surface area contributed by atoms with Gasteiger partial charge in [0.15, 0.2) is 0 Å². The molecule has 0 bridgehead atoms. The third-order valence-corrected chi connectivity index (χ3v) is 3.76. The SMILES string of the molecule is Cc1ccc2c(c1)NC(c1coc3ccccc13)CO2. The second-order valence-corrected chi connectivity index (χ2v) is 5.19. The van der Waals surface area contributed by atoms with E-state index < -0.39 is 0 Å². The van der Waals surface area contributed by atoms with Gasteiger partial charge >= 0.3 is 0 Å². The molecule has 3 nitrogen and oxygen atoms in total. The van der Waals surface area contributed by atoms with Gasteiger partial charge in [-0.25, -0.2) is 0 Å². The molecular formula is C17H15NO2. The van der Waals surface area contributed by atoms with Crippen molar-refractivity contribution < 1.29 is 9.15 Å². The lowest BCUT2D eigenvalue weighted by atomic mass is 10.0. The van der Waals surface area contributed by atoms with Gasteiger partial charge in [0.25, 0.3) is 0 Å². The van der Waals surface area contributed by atoms with Gasteiger partial charge in [-0.3, -0.25) is 0 Å². The Labute approximate surface area is 117 Å². The molecule has 0 aliphatic carbocycles. The van der Waals surface area contributed by atoms with Gasteiger partial charge in [0.1, 0.15) is 17.9 Å². The molecule has 1 N–H and O–H groups in total. The first kappa shape index (κ1) is 11.4. The lowest BCUT2D eigenvalue weighted by Gasteiger charge is -2.27. The summed E-state index contributed by atoms with van der Waals surface area (Å²) in [6, 6.07) is 14.4. The van der Waals surface area contributed by atoms with Crippen LogP contribution in [0.4, 0.5) is 5.69 Å². The molecule has 20 heavy (non-hydrogen) atoms. The largest absolute Gasteiger partial charge is 0.489 e. The number of rotatable bonds is 1. The summed E-state index contributed by atoms with van der Waals surface area (Å²) in [5, 5.41) is 4.69. The molecule has 1 aromatic heterocycles. The van der Waals surface area contributed by atoms with E-state index in [1.807, 2.05) is 30.5 Å². The zero-order chi connectivity index (χ0) is 13.5. The predicted molar refractivity (Wildman–Crippen MR) is 79.3 cm³/mol. The summed E-state index contributed by atoms with van der Waals surface area (Å²) in [5.74, 6) is 0.916. The molecule has 0 radical (unpaired) electrons. The van der Waals surface area contributed by atoms with E-state index >= 15 is 0 Å².